The first kappa shape index (κ1) is 24.1. The number of hydrogen-bond donors (Lipinski definition) is 3. The van der Waals surface area contributed by atoms with Crippen molar-refractivity contribution in [2.75, 3.05) is 6.73 Å². The number of halogens is 1. The van der Waals surface area contributed by atoms with E-state index in [1.165, 1.54) is 4.90 Å². The van der Waals surface area contributed by atoms with Crippen molar-refractivity contribution in [3.05, 3.63) is 88.8 Å². The fraction of sp³-hybridized carbons (Fsp3) is 0.190. The topological polar surface area (TPSA) is 157 Å². The third-order valence-corrected chi connectivity index (χ3v) is 5.43. The van der Waals surface area contributed by atoms with Crippen LogP contribution in [0.15, 0.2) is 65.5 Å². The Morgan fingerprint density at radius 2 is 2.09 bits per heavy atom. The van der Waals surface area contributed by atoms with E-state index in [9.17, 15) is 4.57 Å². The first-order valence-electron chi connectivity index (χ1n) is 10.0. The summed E-state index contributed by atoms with van der Waals surface area (Å²) in [5, 5.41) is 4.49. The lowest BCUT2D eigenvalue weighted by Crippen LogP contribution is -2.41. The molecule has 1 unspecified atom stereocenters. The van der Waals surface area contributed by atoms with Gasteiger partial charge in [0.2, 0.25) is 5.88 Å². The van der Waals surface area contributed by atoms with Crippen LogP contribution >= 0.6 is 19.4 Å². The van der Waals surface area contributed by atoms with Gasteiger partial charge in [-0.3, -0.25) is 4.52 Å². The van der Waals surface area contributed by atoms with Crippen molar-refractivity contribution >= 4 is 25.0 Å². The first-order valence-corrected chi connectivity index (χ1v) is 11.9. The number of rotatable bonds is 9. The lowest BCUT2D eigenvalue weighted by atomic mass is 10.1. The molecule has 0 spiro atoms. The molecular formula is C21H21ClN5O6P. The highest BCUT2D eigenvalue weighted by atomic mass is 35.5. The highest BCUT2D eigenvalue weighted by molar-refractivity contribution is 7.46. The Hall–Kier alpha value is -3.05. The zero-order valence-electron chi connectivity index (χ0n) is 17.7. The Kier molecular flexibility index (Phi) is 7.42. The second kappa shape index (κ2) is 10.5. The maximum absolute atomic E-state index is 11.0. The maximum atomic E-state index is 11.0. The van der Waals surface area contributed by atoms with E-state index in [0.717, 1.165) is 5.56 Å². The molecule has 0 aromatic carbocycles. The van der Waals surface area contributed by atoms with E-state index in [-0.39, 0.29) is 13.3 Å². The molecule has 0 fully saturated rings. The number of hydrogen-bond acceptors (Lipinski definition) is 9. The van der Waals surface area contributed by atoms with Crippen LogP contribution in [0.3, 0.4) is 0 Å². The summed E-state index contributed by atoms with van der Waals surface area (Å²) in [6.07, 6.45) is 6.40. The molecule has 0 aliphatic carbocycles. The fourth-order valence-corrected chi connectivity index (χ4v) is 3.61. The molecule has 1 aliphatic rings. The molecule has 4 rings (SSSR count). The Bertz CT molecular complexity index is 1240. The van der Waals surface area contributed by atoms with E-state index in [1.807, 2.05) is 12.1 Å². The van der Waals surface area contributed by atoms with Crippen LogP contribution in [-0.2, 0) is 22.1 Å². The van der Waals surface area contributed by atoms with Crippen molar-refractivity contribution in [3.63, 3.8) is 0 Å². The summed E-state index contributed by atoms with van der Waals surface area (Å²) < 4.78 is 26.6. The van der Waals surface area contributed by atoms with Crippen LogP contribution in [0, 0.1) is 0 Å². The van der Waals surface area contributed by atoms with Gasteiger partial charge in [-0.25, -0.2) is 14.5 Å². The van der Waals surface area contributed by atoms with Gasteiger partial charge in [0.15, 0.2) is 5.76 Å². The average molecular weight is 506 g/mol. The summed E-state index contributed by atoms with van der Waals surface area (Å²) in [5.41, 5.74) is 9.04. The summed E-state index contributed by atoms with van der Waals surface area (Å²) in [6, 6.07) is 10.7. The molecule has 4 N–H and O–H groups in total. The van der Waals surface area contributed by atoms with Crippen molar-refractivity contribution in [2.45, 2.75) is 19.2 Å². The molecule has 4 heterocycles. The number of allylic oxidation sites excluding steroid dienone is 2. The maximum Gasteiger partial charge on any atom is 0.471 e. The van der Waals surface area contributed by atoms with Gasteiger partial charge in [-0.1, -0.05) is 35.0 Å². The van der Waals surface area contributed by atoms with Gasteiger partial charge in [0, 0.05) is 36.5 Å². The minimum Gasteiger partial charge on any atom is -0.471 e. The highest BCUT2D eigenvalue weighted by Crippen LogP contribution is 2.36. The summed E-state index contributed by atoms with van der Waals surface area (Å²) in [4.78, 5) is 27.7. The number of nitrogens with zero attached hydrogens (tertiary/aromatic N) is 4. The van der Waals surface area contributed by atoms with Crippen molar-refractivity contribution in [1.82, 2.24) is 20.0 Å². The van der Waals surface area contributed by atoms with Crippen LogP contribution in [0.4, 0.5) is 0 Å². The van der Waals surface area contributed by atoms with Gasteiger partial charge in [0.25, 0.3) is 0 Å². The zero-order chi connectivity index (χ0) is 24.1. The summed E-state index contributed by atoms with van der Waals surface area (Å²) in [5.74, 6) is 0.893. The molecule has 0 amide bonds. The van der Waals surface area contributed by atoms with Gasteiger partial charge in [-0.15, -0.1) is 0 Å². The molecule has 0 saturated carbocycles. The van der Waals surface area contributed by atoms with Crippen LogP contribution < -0.4 is 10.5 Å². The Balaban J connectivity index is 1.35. The van der Waals surface area contributed by atoms with Gasteiger partial charge < -0.3 is 29.7 Å². The van der Waals surface area contributed by atoms with Crippen molar-refractivity contribution in [1.29, 1.82) is 0 Å². The van der Waals surface area contributed by atoms with Crippen molar-refractivity contribution in [3.8, 4) is 5.88 Å². The molecule has 1 aliphatic heterocycles. The third-order valence-electron chi connectivity index (χ3n) is 4.77. The largest absolute Gasteiger partial charge is 0.471 e. The molecule has 11 nitrogen and oxygen atoms in total. The lowest BCUT2D eigenvalue weighted by molar-refractivity contribution is 0.110. The van der Waals surface area contributed by atoms with E-state index in [1.54, 1.807) is 48.8 Å². The second-order valence-electron chi connectivity index (χ2n) is 7.28. The van der Waals surface area contributed by atoms with E-state index < -0.39 is 14.0 Å². The smallest absolute Gasteiger partial charge is 0.471 e. The quantitative estimate of drug-likeness (QED) is 0.290. The minimum atomic E-state index is -4.62. The fourth-order valence-electron chi connectivity index (χ4n) is 3.14. The van der Waals surface area contributed by atoms with Crippen LogP contribution in [0.2, 0.25) is 5.15 Å². The first-order chi connectivity index (χ1) is 16.3. The molecule has 0 saturated heterocycles. The Morgan fingerprint density at radius 3 is 2.82 bits per heavy atom. The van der Waals surface area contributed by atoms with Gasteiger partial charge in [0.1, 0.15) is 24.7 Å². The Morgan fingerprint density at radius 1 is 1.24 bits per heavy atom. The molecule has 3 aromatic rings. The number of phosphoric acid groups is 1. The van der Waals surface area contributed by atoms with Crippen LogP contribution in [0.5, 0.6) is 5.88 Å². The summed E-state index contributed by atoms with van der Waals surface area (Å²) >= 11 is 5.88. The molecule has 3 aromatic heterocycles. The number of pyridine rings is 2. The zero-order valence-corrected chi connectivity index (χ0v) is 19.3. The lowest BCUT2D eigenvalue weighted by Gasteiger charge is -2.30. The number of ether oxygens (including phenoxy) is 1. The molecular weight excluding hydrogens is 485 g/mol. The van der Waals surface area contributed by atoms with E-state index >= 15 is 0 Å². The average Bonchev–Trinajstić information content (AvgIpc) is 3.25. The van der Waals surface area contributed by atoms with Gasteiger partial charge in [-0.05, 0) is 23.8 Å². The minimum absolute atomic E-state index is 0.250. The van der Waals surface area contributed by atoms with Gasteiger partial charge in [0.05, 0.1) is 11.4 Å². The molecule has 34 heavy (non-hydrogen) atoms. The highest BCUT2D eigenvalue weighted by Gasteiger charge is 2.25. The van der Waals surface area contributed by atoms with Crippen LogP contribution in [-0.4, -0.2) is 42.7 Å². The van der Waals surface area contributed by atoms with Crippen LogP contribution in [0.1, 0.15) is 22.7 Å². The van der Waals surface area contributed by atoms with E-state index in [2.05, 4.69) is 19.6 Å². The molecule has 0 radical (unpaired) electrons. The SMILES string of the molecule is NC1C(c2cc(Cc3ccc(OCc4cccc(Cl)n4)nc3)no2)=CC=CN1COP(=O)(O)O. The third kappa shape index (κ3) is 6.51. The van der Waals surface area contributed by atoms with E-state index in [0.29, 0.717) is 40.2 Å². The Labute approximate surface area is 199 Å². The summed E-state index contributed by atoms with van der Waals surface area (Å²) in [7, 11) is -4.62. The normalized spacial score (nSPS) is 15.9. The van der Waals surface area contributed by atoms with Crippen LogP contribution in [0.25, 0.3) is 5.57 Å². The monoisotopic (exact) mass is 505 g/mol. The predicted octanol–water partition coefficient (Wildman–Crippen LogP) is 2.85. The molecule has 13 heteroatoms. The number of phosphoric ester groups is 1. The second-order valence-corrected chi connectivity index (χ2v) is 8.90. The summed E-state index contributed by atoms with van der Waals surface area (Å²) in [6.45, 7) is -0.132. The van der Waals surface area contributed by atoms with Crippen molar-refractivity contribution < 1.29 is 28.1 Å². The standard InChI is InChI=1S/C21H21ClN5O6P/c22-19-5-1-3-15(25-19)12-31-20-7-6-14(11-24-20)9-16-10-18(33-26-16)17-4-2-8-27(21(17)23)13-32-34(28,29)30/h1-8,10-11,21H,9,12-13,23H2,(H2,28,29,30). The van der Waals surface area contributed by atoms with E-state index in [4.69, 9.17) is 36.4 Å². The molecule has 178 valence electrons. The predicted molar refractivity (Wildman–Crippen MR) is 122 cm³/mol. The van der Waals surface area contributed by atoms with Gasteiger partial charge in [-0.2, -0.15) is 0 Å². The molecule has 0 bridgehead atoms. The number of nitrogens with two attached hydrogens (primary N) is 1. The van der Waals surface area contributed by atoms with Crippen molar-refractivity contribution in [2.24, 2.45) is 5.73 Å². The van der Waals surface area contributed by atoms with Gasteiger partial charge >= 0.3 is 7.82 Å². The molecule has 1 atom stereocenters. The number of aromatic nitrogens is 3.